The molecule has 1 aromatic rings. The zero-order valence-corrected chi connectivity index (χ0v) is 13.2. The highest BCUT2D eigenvalue weighted by Crippen LogP contribution is 2.27. The van der Waals surface area contributed by atoms with E-state index in [-0.39, 0.29) is 12.8 Å². The third-order valence-corrected chi connectivity index (χ3v) is 3.57. The van der Waals surface area contributed by atoms with Crippen molar-refractivity contribution in [3.63, 3.8) is 0 Å². The van der Waals surface area contributed by atoms with Crippen molar-refractivity contribution >= 4 is 16.1 Å². The van der Waals surface area contributed by atoms with Gasteiger partial charge in [0.25, 0.3) is 0 Å². The average molecular weight is 354 g/mol. The van der Waals surface area contributed by atoms with Crippen molar-refractivity contribution in [3.8, 4) is 5.75 Å². The van der Waals surface area contributed by atoms with Crippen LogP contribution in [-0.2, 0) is 26.1 Å². The number of hydrogen-bond acceptors (Lipinski definition) is 5. The van der Waals surface area contributed by atoms with Crippen molar-refractivity contribution < 1.29 is 35.3 Å². The van der Waals surface area contributed by atoms with Gasteiger partial charge in [0.1, 0.15) is 5.75 Å². The molecule has 0 amide bonds. The SMILES string of the molecule is C1CC1.COC(=O)CCc1cccc(OS(=O)(=O)C(F)(F)F)c1. The summed E-state index contributed by atoms with van der Waals surface area (Å²) < 4.78 is 66.5. The highest BCUT2D eigenvalue weighted by molar-refractivity contribution is 7.88. The van der Waals surface area contributed by atoms with Gasteiger partial charge in [-0.2, -0.15) is 21.6 Å². The van der Waals surface area contributed by atoms with Crippen LogP contribution in [0.5, 0.6) is 5.75 Å². The van der Waals surface area contributed by atoms with E-state index >= 15 is 0 Å². The van der Waals surface area contributed by atoms with Gasteiger partial charge < -0.3 is 8.92 Å². The Bertz CT molecular complexity index is 621. The first-order valence-corrected chi connectivity index (χ1v) is 8.23. The Labute approximate surface area is 132 Å². The summed E-state index contributed by atoms with van der Waals surface area (Å²) in [4.78, 5) is 10.9. The van der Waals surface area contributed by atoms with Crippen LogP contribution in [0, 0.1) is 0 Å². The topological polar surface area (TPSA) is 69.7 Å². The number of methoxy groups -OCH3 is 1. The lowest BCUT2D eigenvalue weighted by atomic mass is 10.1. The zero-order chi connectivity index (χ0) is 17.5. The molecule has 0 saturated heterocycles. The molecule has 1 aliphatic rings. The summed E-state index contributed by atoms with van der Waals surface area (Å²) in [6.07, 6.45) is 4.71. The van der Waals surface area contributed by atoms with E-state index in [1.807, 2.05) is 0 Å². The van der Waals surface area contributed by atoms with E-state index in [9.17, 15) is 26.4 Å². The van der Waals surface area contributed by atoms with Crippen LogP contribution < -0.4 is 4.18 Å². The number of benzene rings is 1. The molecule has 0 spiro atoms. The molecule has 0 heterocycles. The molecule has 0 aliphatic heterocycles. The van der Waals surface area contributed by atoms with E-state index in [0.717, 1.165) is 12.1 Å². The summed E-state index contributed by atoms with van der Waals surface area (Å²) in [7, 11) is -4.49. The molecule has 0 aromatic heterocycles. The second kappa shape index (κ2) is 8.19. The van der Waals surface area contributed by atoms with Crippen molar-refractivity contribution in [2.24, 2.45) is 0 Å². The summed E-state index contributed by atoms with van der Waals surface area (Å²) in [6, 6.07) is 5.04. The summed E-state index contributed by atoms with van der Waals surface area (Å²) in [5.74, 6) is -0.955. The highest BCUT2D eigenvalue weighted by atomic mass is 32.2. The molecular formula is C14H17F3O5S. The first-order chi connectivity index (χ1) is 10.7. The predicted octanol–water partition coefficient (Wildman–Crippen LogP) is 3.19. The van der Waals surface area contributed by atoms with Crippen molar-refractivity contribution in [1.29, 1.82) is 0 Å². The van der Waals surface area contributed by atoms with Gasteiger partial charge >= 0.3 is 21.6 Å². The van der Waals surface area contributed by atoms with Gasteiger partial charge in [-0.25, -0.2) is 0 Å². The van der Waals surface area contributed by atoms with Crippen LogP contribution >= 0.6 is 0 Å². The number of carbonyl (C=O) groups excluding carboxylic acids is 1. The van der Waals surface area contributed by atoms with Gasteiger partial charge in [0, 0.05) is 6.42 Å². The monoisotopic (exact) mass is 354 g/mol. The van der Waals surface area contributed by atoms with Crippen LogP contribution in [0.1, 0.15) is 31.2 Å². The fourth-order valence-corrected chi connectivity index (χ4v) is 1.73. The van der Waals surface area contributed by atoms with E-state index in [1.54, 1.807) is 0 Å². The minimum absolute atomic E-state index is 0.0198. The number of halogens is 3. The molecule has 23 heavy (non-hydrogen) atoms. The third kappa shape index (κ3) is 7.36. The number of alkyl halides is 3. The van der Waals surface area contributed by atoms with E-state index in [2.05, 4.69) is 8.92 Å². The van der Waals surface area contributed by atoms with Gasteiger partial charge in [-0.05, 0) is 24.1 Å². The minimum Gasteiger partial charge on any atom is -0.469 e. The molecule has 0 radical (unpaired) electrons. The first kappa shape index (κ1) is 19.3. The number of ether oxygens (including phenoxy) is 1. The fourth-order valence-electron chi connectivity index (χ4n) is 1.28. The number of aryl methyl sites for hydroxylation is 1. The minimum atomic E-state index is -5.70. The molecule has 9 heteroatoms. The third-order valence-electron chi connectivity index (χ3n) is 2.59. The molecule has 130 valence electrons. The fraction of sp³-hybridized carbons (Fsp3) is 0.500. The maximum absolute atomic E-state index is 12.1. The first-order valence-electron chi connectivity index (χ1n) is 6.82. The van der Waals surface area contributed by atoms with Gasteiger partial charge in [0.2, 0.25) is 0 Å². The van der Waals surface area contributed by atoms with Gasteiger partial charge in [0.15, 0.2) is 0 Å². The normalized spacial score (nSPS) is 13.6. The summed E-state index contributed by atoms with van der Waals surface area (Å²) in [5, 5.41) is 0. The zero-order valence-electron chi connectivity index (χ0n) is 12.4. The van der Waals surface area contributed by atoms with Crippen LogP contribution in [0.25, 0.3) is 0 Å². The van der Waals surface area contributed by atoms with Crippen LogP contribution in [0.2, 0.25) is 0 Å². The maximum Gasteiger partial charge on any atom is 0.534 e. The number of esters is 1. The lowest BCUT2D eigenvalue weighted by molar-refractivity contribution is -0.140. The number of carbonyl (C=O) groups is 1. The average Bonchev–Trinajstić information content (AvgIpc) is 3.32. The van der Waals surface area contributed by atoms with Crippen LogP contribution in [0.15, 0.2) is 24.3 Å². The predicted molar refractivity (Wildman–Crippen MR) is 76.2 cm³/mol. The molecule has 2 rings (SSSR count). The molecule has 1 fully saturated rings. The van der Waals surface area contributed by atoms with Crippen molar-refractivity contribution in [1.82, 2.24) is 0 Å². The Kier molecular flexibility index (Phi) is 6.86. The Morgan fingerprint density at radius 2 is 1.83 bits per heavy atom. The smallest absolute Gasteiger partial charge is 0.469 e. The Hall–Kier alpha value is -1.77. The Balaban J connectivity index is 0.000000784. The molecule has 0 atom stereocenters. The molecule has 1 saturated carbocycles. The van der Waals surface area contributed by atoms with Gasteiger partial charge in [-0.15, -0.1) is 0 Å². The van der Waals surface area contributed by atoms with Gasteiger partial charge in [-0.1, -0.05) is 31.4 Å². The van der Waals surface area contributed by atoms with Gasteiger partial charge in [-0.3, -0.25) is 4.79 Å². The molecule has 5 nitrogen and oxygen atoms in total. The summed E-state index contributed by atoms with van der Waals surface area (Å²) in [6.45, 7) is 0. The van der Waals surface area contributed by atoms with E-state index in [1.165, 1.54) is 38.5 Å². The quantitative estimate of drug-likeness (QED) is 0.461. The maximum atomic E-state index is 12.1. The lowest BCUT2D eigenvalue weighted by Gasteiger charge is -2.10. The Morgan fingerprint density at radius 1 is 1.22 bits per heavy atom. The van der Waals surface area contributed by atoms with Crippen molar-refractivity contribution in [2.45, 2.75) is 37.6 Å². The van der Waals surface area contributed by atoms with E-state index in [0.29, 0.717) is 5.56 Å². The van der Waals surface area contributed by atoms with E-state index in [4.69, 9.17) is 0 Å². The molecule has 1 aromatic carbocycles. The molecule has 0 N–H and O–H groups in total. The number of rotatable bonds is 5. The number of hydrogen-bond donors (Lipinski definition) is 0. The highest BCUT2D eigenvalue weighted by Gasteiger charge is 2.48. The lowest BCUT2D eigenvalue weighted by Crippen LogP contribution is -2.28. The van der Waals surface area contributed by atoms with Crippen molar-refractivity contribution in [2.75, 3.05) is 7.11 Å². The standard InChI is InChI=1S/C11H11F3O5S.C3H6/c1-18-10(15)6-5-8-3-2-4-9(7-8)19-20(16,17)11(12,13)14;1-2-3-1/h2-4,7H,5-6H2,1H3;1-3H2. The summed E-state index contributed by atoms with van der Waals surface area (Å²) >= 11 is 0. The second-order valence-electron chi connectivity index (χ2n) is 4.77. The molecular weight excluding hydrogens is 337 g/mol. The molecule has 0 bridgehead atoms. The van der Waals surface area contributed by atoms with E-state index < -0.39 is 27.3 Å². The largest absolute Gasteiger partial charge is 0.534 e. The van der Waals surface area contributed by atoms with Crippen LogP contribution in [0.3, 0.4) is 0 Å². The Morgan fingerprint density at radius 3 is 2.30 bits per heavy atom. The molecule has 0 unspecified atom stereocenters. The van der Waals surface area contributed by atoms with Crippen molar-refractivity contribution in [3.05, 3.63) is 29.8 Å². The van der Waals surface area contributed by atoms with Gasteiger partial charge in [0.05, 0.1) is 7.11 Å². The molecule has 1 aliphatic carbocycles. The van der Waals surface area contributed by atoms with Crippen LogP contribution in [-0.4, -0.2) is 27.0 Å². The second-order valence-corrected chi connectivity index (χ2v) is 6.31. The van der Waals surface area contributed by atoms with Crippen LogP contribution in [0.4, 0.5) is 13.2 Å². The summed E-state index contributed by atoms with van der Waals surface area (Å²) in [5.41, 5.74) is -5.04.